The number of anilines is 3. The van der Waals surface area contributed by atoms with Gasteiger partial charge in [-0.1, -0.05) is 67.3 Å². The number of tetrazole rings is 1. The van der Waals surface area contributed by atoms with Crippen molar-refractivity contribution < 1.29 is 18.0 Å². The molecule has 1 saturated carbocycles. The molecular weight excluding hydrogens is 531 g/mol. The van der Waals surface area contributed by atoms with Gasteiger partial charge >= 0.3 is 12.2 Å². The van der Waals surface area contributed by atoms with Crippen LogP contribution in [0.25, 0.3) is 22.5 Å². The fraction of sp³-hybridized carbons (Fsp3) is 0.333. The zero-order chi connectivity index (χ0) is 28.8. The predicted molar refractivity (Wildman–Crippen MR) is 154 cm³/mol. The van der Waals surface area contributed by atoms with Gasteiger partial charge in [0, 0.05) is 17.3 Å². The summed E-state index contributed by atoms with van der Waals surface area (Å²) in [5.74, 6) is 0.287. The molecule has 0 bridgehead atoms. The van der Waals surface area contributed by atoms with Crippen LogP contribution in [-0.4, -0.2) is 38.9 Å². The highest BCUT2D eigenvalue weighted by Crippen LogP contribution is 2.38. The second-order valence-corrected chi connectivity index (χ2v) is 10.5. The number of alkyl halides is 3. The van der Waals surface area contributed by atoms with Crippen LogP contribution in [0.1, 0.15) is 44.1 Å². The number of H-pyrrole nitrogens is 1. The summed E-state index contributed by atoms with van der Waals surface area (Å²) in [6.07, 6.45) is -0.936. The Morgan fingerprint density at radius 1 is 0.951 bits per heavy atom. The molecule has 4 aromatic rings. The van der Waals surface area contributed by atoms with Crippen molar-refractivity contribution in [1.82, 2.24) is 20.6 Å². The van der Waals surface area contributed by atoms with E-state index < -0.39 is 24.7 Å². The van der Waals surface area contributed by atoms with Gasteiger partial charge in [-0.25, -0.2) is 4.79 Å². The lowest BCUT2D eigenvalue weighted by Gasteiger charge is -2.33. The molecule has 0 radical (unpaired) electrons. The van der Waals surface area contributed by atoms with Gasteiger partial charge < -0.3 is 16.0 Å². The van der Waals surface area contributed by atoms with Gasteiger partial charge in [0.25, 0.3) is 0 Å². The minimum Gasteiger partial charge on any atom is -0.380 e. The topological polar surface area (TPSA) is 108 Å². The molecule has 2 amide bonds. The summed E-state index contributed by atoms with van der Waals surface area (Å²) in [6, 6.07) is 18.8. The van der Waals surface area contributed by atoms with Crippen LogP contribution in [0, 0.1) is 12.8 Å². The molecule has 1 aromatic heterocycles. The van der Waals surface area contributed by atoms with Crippen molar-refractivity contribution in [3.8, 4) is 22.5 Å². The first-order valence-electron chi connectivity index (χ1n) is 13.7. The monoisotopic (exact) mass is 563 g/mol. The number of aromatic nitrogens is 4. The van der Waals surface area contributed by atoms with Gasteiger partial charge in [-0.2, -0.15) is 18.4 Å². The van der Waals surface area contributed by atoms with Crippen LogP contribution in [-0.2, 0) is 0 Å². The molecule has 1 aliphatic carbocycles. The quantitative estimate of drug-likeness (QED) is 0.175. The van der Waals surface area contributed by atoms with Crippen molar-refractivity contribution in [1.29, 1.82) is 0 Å². The van der Waals surface area contributed by atoms with Gasteiger partial charge in [0.15, 0.2) is 0 Å². The van der Waals surface area contributed by atoms with Gasteiger partial charge in [0.1, 0.15) is 0 Å². The predicted octanol–water partition coefficient (Wildman–Crippen LogP) is 7.80. The number of rotatable bonds is 8. The third kappa shape index (κ3) is 7.41. The number of hydrogen-bond acceptors (Lipinski definition) is 5. The van der Waals surface area contributed by atoms with Crippen LogP contribution in [0.5, 0.6) is 0 Å². The largest absolute Gasteiger partial charge is 0.391 e. The van der Waals surface area contributed by atoms with E-state index in [-0.39, 0.29) is 5.92 Å². The van der Waals surface area contributed by atoms with E-state index in [1.807, 2.05) is 49.4 Å². The summed E-state index contributed by atoms with van der Waals surface area (Å²) in [5.41, 5.74) is 4.65. The lowest BCUT2D eigenvalue weighted by Crippen LogP contribution is -2.35. The number of benzene rings is 3. The number of amides is 2. The van der Waals surface area contributed by atoms with Crippen molar-refractivity contribution >= 4 is 23.1 Å². The van der Waals surface area contributed by atoms with Gasteiger partial charge in [-0.3, -0.25) is 0 Å². The van der Waals surface area contributed by atoms with E-state index in [1.54, 1.807) is 24.3 Å². The molecule has 1 aliphatic rings. The minimum absolute atomic E-state index is 0.113. The molecule has 0 aliphatic heterocycles. The Kier molecular flexibility index (Phi) is 8.51. The van der Waals surface area contributed by atoms with E-state index in [9.17, 15) is 18.0 Å². The SMILES string of the molecule is Cc1ccc(NC(=O)Nc2cc(-c3ccccc3-c3nn[nH]n3)ccc2NC(CC(F)(F)F)C2CCCCC2)cc1. The van der Waals surface area contributed by atoms with Gasteiger partial charge in [-0.05, 0) is 66.3 Å². The maximum atomic E-state index is 13.7. The first kappa shape index (κ1) is 28.1. The average Bonchev–Trinajstić information content (AvgIpc) is 3.50. The molecule has 1 fully saturated rings. The molecule has 3 aromatic carbocycles. The summed E-state index contributed by atoms with van der Waals surface area (Å²) >= 11 is 0. The van der Waals surface area contributed by atoms with E-state index in [1.165, 1.54) is 0 Å². The van der Waals surface area contributed by atoms with Crippen LogP contribution in [0.4, 0.5) is 35.0 Å². The summed E-state index contributed by atoms with van der Waals surface area (Å²) in [5, 5.41) is 23.1. The molecule has 41 heavy (non-hydrogen) atoms. The highest BCUT2D eigenvalue weighted by molar-refractivity contribution is 6.02. The second-order valence-electron chi connectivity index (χ2n) is 10.5. The highest BCUT2D eigenvalue weighted by Gasteiger charge is 2.36. The number of aromatic amines is 1. The summed E-state index contributed by atoms with van der Waals surface area (Å²) < 4.78 is 41.0. The number of halogens is 3. The molecule has 1 unspecified atom stereocenters. The van der Waals surface area contributed by atoms with Gasteiger partial charge in [-0.15, -0.1) is 10.2 Å². The van der Waals surface area contributed by atoms with Crippen LogP contribution in [0.2, 0.25) is 0 Å². The van der Waals surface area contributed by atoms with Crippen LogP contribution in [0.3, 0.4) is 0 Å². The maximum absolute atomic E-state index is 13.7. The molecular formula is C30H32F3N7O. The lowest BCUT2D eigenvalue weighted by molar-refractivity contribution is -0.140. The van der Waals surface area contributed by atoms with E-state index in [0.717, 1.165) is 48.8 Å². The van der Waals surface area contributed by atoms with Crippen molar-refractivity contribution in [3.63, 3.8) is 0 Å². The molecule has 4 N–H and O–H groups in total. The standard InChI is InChI=1S/C30H32F3N7O/c1-19-11-14-22(15-12-19)34-29(41)36-26-17-21(23-9-5-6-10-24(23)28-37-39-40-38-28)13-16-25(26)35-27(18-30(31,32)33)20-7-3-2-4-8-20/h5-6,9-17,20,27,35H,2-4,7-8,18H2,1H3,(H2,34,36,41)(H,37,38,39,40). The van der Waals surface area contributed by atoms with Crippen LogP contribution in [0.15, 0.2) is 66.7 Å². The van der Waals surface area contributed by atoms with Gasteiger partial charge in [0.2, 0.25) is 5.82 Å². The van der Waals surface area contributed by atoms with Crippen molar-refractivity contribution in [2.75, 3.05) is 16.0 Å². The van der Waals surface area contributed by atoms with Crippen molar-refractivity contribution in [3.05, 3.63) is 72.3 Å². The summed E-state index contributed by atoms with van der Waals surface area (Å²) in [7, 11) is 0. The molecule has 214 valence electrons. The number of nitrogens with zero attached hydrogens (tertiary/aromatic N) is 3. The fourth-order valence-corrected chi connectivity index (χ4v) is 5.39. The second kappa shape index (κ2) is 12.4. The molecule has 0 saturated heterocycles. The number of nitrogens with one attached hydrogen (secondary N) is 4. The molecule has 8 nitrogen and oxygen atoms in total. The Labute approximate surface area is 236 Å². The molecule has 11 heteroatoms. The highest BCUT2D eigenvalue weighted by atomic mass is 19.4. The molecule has 0 spiro atoms. The zero-order valence-corrected chi connectivity index (χ0v) is 22.6. The van der Waals surface area contributed by atoms with E-state index in [2.05, 4.69) is 36.6 Å². The third-order valence-electron chi connectivity index (χ3n) is 7.41. The smallest absolute Gasteiger partial charge is 0.380 e. The van der Waals surface area contributed by atoms with Crippen LogP contribution >= 0.6 is 0 Å². The molecule has 1 atom stereocenters. The molecule has 1 heterocycles. The Balaban J connectivity index is 1.49. The number of hydrogen-bond donors (Lipinski definition) is 4. The number of aryl methyl sites for hydroxylation is 1. The molecule has 5 rings (SSSR count). The van der Waals surface area contributed by atoms with E-state index in [0.29, 0.717) is 28.5 Å². The van der Waals surface area contributed by atoms with Crippen molar-refractivity contribution in [2.24, 2.45) is 5.92 Å². The first-order valence-corrected chi connectivity index (χ1v) is 13.7. The van der Waals surface area contributed by atoms with Crippen LogP contribution < -0.4 is 16.0 Å². The summed E-state index contributed by atoms with van der Waals surface area (Å²) in [6.45, 7) is 1.95. The zero-order valence-electron chi connectivity index (χ0n) is 22.6. The Morgan fingerprint density at radius 3 is 2.37 bits per heavy atom. The fourth-order valence-electron chi connectivity index (χ4n) is 5.39. The summed E-state index contributed by atoms with van der Waals surface area (Å²) in [4.78, 5) is 13.1. The normalized spacial score (nSPS) is 14.8. The average molecular weight is 564 g/mol. The minimum atomic E-state index is -4.32. The van der Waals surface area contributed by atoms with Gasteiger partial charge in [0.05, 0.1) is 17.8 Å². The third-order valence-corrected chi connectivity index (χ3v) is 7.41. The lowest BCUT2D eigenvalue weighted by atomic mass is 9.82. The number of urea groups is 1. The number of carbonyl (C=O) groups is 1. The Hall–Kier alpha value is -4.41. The number of carbonyl (C=O) groups excluding carboxylic acids is 1. The van der Waals surface area contributed by atoms with Crippen molar-refractivity contribution in [2.45, 2.75) is 57.7 Å². The van der Waals surface area contributed by atoms with E-state index in [4.69, 9.17) is 0 Å². The van der Waals surface area contributed by atoms with E-state index >= 15 is 0 Å². The maximum Gasteiger partial charge on any atom is 0.391 e. The first-order chi connectivity index (χ1) is 19.7. The Morgan fingerprint density at radius 2 is 1.68 bits per heavy atom. The Bertz CT molecular complexity index is 1450.